The van der Waals surface area contributed by atoms with Gasteiger partial charge in [0.05, 0.1) is 29.8 Å². The number of ether oxygens (including phenoxy) is 1. The standard InChI is InChI=1S/C30H32F6N4O2/c1-4-17(5-2)18-8-10-38-26(12-18)27(23-9-11-37-25-7-6-22(42-3)16-24(23)25)40-28(41)39-21-14-19(29(31,32)33)13-20(15-21)30(34,35)36/h4,6-7,9,11,13-18,26-27,38H,1,5,8,10,12H2,2-3H3,(H2,39,40,41)/t17-,18?,26+,27+/m0/s1. The molecule has 0 aliphatic carbocycles. The summed E-state index contributed by atoms with van der Waals surface area (Å²) in [5.74, 6) is 1.05. The Morgan fingerprint density at radius 2 is 1.81 bits per heavy atom. The zero-order chi connectivity index (χ0) is 30.7. The second-order valence-electron chi connectivity index (χ2n) is 10.3. The number of hydrogen-bond acceptors (Lipinski definition) is 4. The lowest BCUT2D eigenvalue weighted by Crippen LogP contribution is -2.49. The molecule has 0 saturated carbocycles. The molecule has 3 N–H and O–H groups in total. The highest BCUT2D eigenvalue weighted by Crippen LogP contribution is 2.38. The highest BCUT2D eigenvalue weighted by molar-refractivity contribution is 5.91. The van der Waals surface area contributed by atoms with Gasteiger partial charge in [0, 0.05) is 23.3 Å². The van der Waals surface area contributed by atoms with Gasteiger partial charge in [0.15, 0.2) is 0 Å². The third kappa shape index (κ3) is 7.15. The van der Waals surface area contributed by atoms with Gasteiger partial charge in [-0.05, 0) is 85.7 Å². The Morgan fingerprint density at radius 1 is 1.12 bits per heavy atom. The van der Waals surface area contributed by atoms with Crippen molar-refractivity contribution in [3.8, 4) is 5.75 Å². The van der Waals surface area contributed by atoms with Gasteiger partial charge in [0.25, 0.3) is 0 Å². The molecule has 42 heavy (non-hydrogen) atoms. The summed E-state index contributed by atoms with van der Waals surface area (Å²) in [6, 6.07) is 5.97. The molecule has 0 bridgehead atoms. The summed E-state index contributed by atoms with van der Waals surface area (Å²) in [5, 5.41) is 9.15. The first-order chi connectivity index (χ1) is 19.8. The van der Waals surface area contributed by atoms with Crippen molar-refractivity contribution in [2.45, 2.75) is 50.6 Å². The molecule has 4 rings (SSSR count). The van der Waals surface area contributed by atoms with Crippen LogP contribution in [0.1, 0.15) is 48.9 Å². The molecule has 0 radical (unpaired) electrons. The molecule has 1 saturated heterocycles. The number of methoxy groups -OCH3 is 1. The van der Waals surface area contributed by atoms with Gasteiger partial charge in [-0.25, -0.2) is 4.79 Å². The van der Waals surface area contributed by atoms with Crippen LogP contribution in [0.5, 0.6) is 5.75 Å². The van der Waals surface area contributed by atoms with Crippen molar-refractivity contribution in [3.05, 3.63) is 78.0 Å². The van der Waals surface area contributed by atoms with Crippen LogP contribution in [-0.2, 0) is 12.4 Å². The molecule has 2 aromatic carbocycles. The first kappa shape index (κ1) is 31.1. The minimum atomic E-state index is -5.05. The van der Waals surface area contributed by atoms with Crippen molar-refractivity contribution in [3.63, 3.8) is 0 Å². The van der Waals surface area contributed by atoms with E-state index in [1.807, 2.05) is 6.08 Å². The number of urea groups is 1. The van der Waals surface area contributed by atoms with Gasteiger partial charge in [-0.2, -0.15) is 26.3 Å². The van der Waals surface area contributed by atoms with Gasteiger partial charge in [-0.3, -0.25) is 4.98 Å². The van der Waals surface area contributed by atoms with Crippen molar-refractivity contribution >= 4 is 22.6 Å². The molecule has 4 atom stereocenters. The number of allylic oxidation sites excluding steroid dienone is 1. The Morgan fingerprint density at radius 3 is 2.40 bits per heavy atom. The predicted molar refractivity (Wildman–Crippen MR) is 148 cm³/mol. The number of amides is 2. The molecule has 3 aromatic rings. The zero-order valence-corrected chi connectivity index (χ0v) is 23.1. The van der Waals surface area contributed by atoms with Crippen molar-refractivity contribution in [2.75, 3.05) is 19.0 Å². The summed E-state index contributed by atoms with van der Waals surface area (Å²) in [6.07, 6.45) is -4.19. The number of aromatic nitrogens is 1. The van der Waals surface area contributed by atoms with Crippen molar-refractivity contribution in [2.24, 2.45) is 11.8 Å². The molecule has 226 valence electrons. The van der Waals surface area contributed by atoms with Gasteiger partial charge in [0.1, 0.15) is 5.75 Å². The highest BCUT2D eigenvalue weighted by Gasteiger charge is 2.38. The first-order valence-corrected chi connectivity index (χ1v) is 13.5. The highest BCUT2D eigenvalue weighted by atomic mass is 19.4. The lowest BCUT2D eigenvalue weighted by atomic mass is 9.78. The minimum Gasteiger partial charge on any atom is -0.497 e. The summed E-state index contributed by atoms with van der Waals surface area (Å²) in [7, 11) is 1.51. The Bertz CT molecular complexity index is 1390. The largest absolute Gasteiger partial charge is 0.497 e. The van der Waals surface area contributed by atoms with Gasteiger partial charge in [0.2, 0.25) is 0 Å². The number of carbonyl (C=O) groups is 1. The van der Waals surface area contributed by atoms with Crippen LogP contribution in [0.2, 0.25) is 0 Å². The van der Waals surface area contributed by atoms with E-state index in [0.29, 0.717) is 47.3 Å². The topological polar surface area (TPSA) is 75.3 Å². The van der Waals surface area contributed by atoms with E-state index in [2.05, 4.69) is 34.4 Å². The molecule has 6 nitrogen and oxygen atoms in total. The average molecular weight is 595 g/mol. The maximum absolute atomic E-state index is 13.4. The number of hydrogen-bond donors (Lipinski definition) is 3. The Balaban J connectivity index is 1.72. The number of anilines is 1. The average Bonchev–Trinajstić information content (AvgIpc) is 2.95. The molecule has 1 fully saturated rings. The number of alkyl halides is 6. The minimum absolute atomic E-state index is 0.0121. The zero-order valence-electron chi connectivity index (χ0n) is 23.1. The summed E-state index contributed by atoms with van der Waals surface area (Å²) >= 11 is 0. The van der Waals surface area contributed by atoms with Crippen LogP contribution in [0.4, 0.5) is 36.8 Å². The van der Waals surface area contributed by atoms with E-state index in [1.54, 1.807) is 30.5 Å². The normalized spacial score (nSPS) is 19.1. The molecule has 2 heterocycles. The van der Waals surface area contributed by atoms with Crippen LogP contribution in [0.3, 0.4) is 0 Å². The van der Waals surface area contributed by atoms with Crippen LogP contribution in [0, 0.1) is 11.8 Å². The second kappa shape index (κ2) is 12.6. The van der Waals surface area contributed by atoms with E-state index in [-0.39, 0.29) is 23.9 Å². The summed E-state index contributed by atoms with van der Waals surface area (Å²) in [6.45, 7) is 6.67. The second-order valence-corrected chi connectivity index (χ2v) is 10.3. The first-order valence-electron chi connectivity index (χ1n) is 13.5. The fourth-order valence-corrected chi connectivity index (χ4v) is 5.59. The number of pyridine rings is 1. The fraction of sp³-hybridized carbons (Fsp3) is 0.400. The van der Waals surface area contributed by atoms with Crippen molar-refractivity contribution < 1.29 is 35.9 Å². The van der Waals surface area contributed by atoms with Crippen LogP contribution in [0.25, 0.3) is 10.9 Å². The van der Waals surface area contributed by atoms with Crippen LogP contribution in [-0.4, -0.2) is 30.7 Å². The molecular formula is C30H32F6N4O2. The smallest absolute Gasteiger partial charge is 0.416 e. The SMILES string of the molecule is C=C[C@@H](CC)C1CCN[C@@H]([C@H](NC(=O)Nc2cc(C(F)(F)F)cc(C(F)(F)F)c2)c2ccnc3ccc(OC)cc23)C1. The molecule has 12 heteroatoms. The molecular weight excluding hydrogens is 562 g/mol. The van der Waals surface area contributed by atoms with Gasteiger partial charge >= 0.3 is 18.4 Å². The molecule has 1 aliphatic rings. The summed E-state index contributed by atoms with van der Waals surface area (Å²) in [5.41, 5.74) is -2.40. The van der Waals surface area contributed by atoms with E-state index in [9.17, 15) is 31.1 Å². The number of nitrogens with zero attached hydrogens (tertiary/aromatic N) is 1. The predicted octanol–water partition coefficient (Wildman–Crippen LogP) is 7.72. The number of rotatable bonds is 8. The fourth-order valence-electron chi connectivity index (χ4n) is 5.59. The number of benzene rings is 2. The van der Waals surface area contributed by atoms with E-state index in [1.165, 1.54) is 7.11 Å². The molecule has 1 aliphatic heterocycles. The van der Waals surface area contributed by atoms with E-state index in [0.717, 1.165) is 12.8 Å². The van der Waals surface area contributed by atoms with Crippen LogP contribution >= 0.6 is 0 Å². The number of carbonyl (C=O) groups excluding carboxylic acids is 1. The molecule has 0 spiro atoms. The van der Waals surface area contributed by atoms with Gasteiger partial charge in [-0.15, -0.1) is 6.58 Å². The van der Waals surface area contributed by atoms with Crippen molar-refractivity contribution in [1.29, 1.82) is 0 Å². The summed E-state index contributed by atoms with van der Waals surface area (Å²) < 4.78 is 85.7. The third-order valence-electron chi connectivity index (χ3n) is 7.71. The maximum atomic E-state index is 13.4. The van der Waals surface area contributed by atoms with Gasteiger partial charge < -0.3 is 20.7 Å². The molecule has 1 aromatic heterocycles. The molecule has 1 unspecified atom stereocenters. The Labute approximate surface area is 239 Å². The maximum Gasteiger partial charge on any atom is 0.416 e. The van der Waals surface area contributed by atoms with E-state index >= 15 is 0 Å². The molecule has 2 amide bonds. The lowest BCUT2D eigenvalue weighted by Gasteiger charge is -2.38. The lowest BCUT2D eigenvalue weighted by molar-refractivity contribution is -0.143. The number of fused-ring (bicyclic) bond motifs is 1. The quantitative estimate of drug-likeness (QED) is 0.184. The number of piperidine rings is 1. The Kier molecular flexibility index (Phi) is 9.34. The monoisotopic (exact) mass is 594 g/mol. The van der Waals surface area contributed by atoms with E-state index < -0.39 is 41.2 Å². The van der Waals surface area contributed by atoms with Gasteiger partial charge in [-0.1, -0.05) is 13.0 Å². The Hall–Kier alpha value is -3.80. The van der Waals surface area contributed by atoms with Crippen LogP contribution in [0.15, 0.2) is 61.3 Å². The van der Waals surface area contributed by atoms with Crippen LogP contribution < -0.4 is 20.7 Å². The third-order valence-corrected chi connectivity index (χ3v) is 7.71. The summed E-state index contributed by atoms with van der Waals surface area (Å²) in [4.78, 5) is 17.7. The van der Waals surface area contributed by atoms with E-state index in [4.69, 9.17) is 4.74 Å². The number of halogens is 6. The number of nitrogens with one attached hydrogen (secondary N) is 3. The van der Waals surface area contributed by atoms with Crippen molar-refractivity contribution in [1.82, 2.24) is 15.6 Å².